The van der Waals surface area contributed by atoms with Crippen molar-refractivity contribution in [2.75, 3.05) is 12.3 Å². The number of rotatable bonds is 4. The Balaban J connectivity index is 0.00000240. The van der Waals surface area contributed by atoms with Crippen LogP contribution >= 0.6 is 7.82 Å². The summed E-state index contributed by atoms with van der Waals surface area (Å²) in [6, 6.07) is 0. The molecule has 2 fully saturated rings. The first-order valence-corrected chi connectivity index (χ1v) is 9.96. The predicted octanol–water partition coefficient (Wildman–Crippen LogP) is -3.80. The Morgan fingerprint density at radius 3 is 3.03 bits per heavy atom. The van der Waals surface area contributed by atoms with Gasteiger partial charge in [0.2, 0.25) is 5.95 Å². The molecule has 2 saturated heterocycles. The number of nitrogen functional groups attached to an aromatic ring is 1. The predicted molar refractivity (Wildman–Crippen MR) is 89.7 cm³/mol. The van der Waals surface area contributed by atoms with Crippen molar-refractivity contribution in [3.05, 3.63) is 16.7 Å². The van der Waals surface area contributed by atoms with Gasteiger partial charge in [0.25, 0.3) is 13.4 Å². The number of fused-ring (bicyclic) bond motifs is 2. The summed E-state index contributed by atoms with van der Waals surface area (Å²) in [5.74, 6) is -0.690. The number of esters is 1. The van der Waals surface area contributed by atoms with E-state index in [0.717, 1.165) is 0 Å². The number of carbonyl (C=O) groups is 1. The summed E-state index contributed by atoms with van der Waals surface area (Å²) < 4.78 is 34.1. The summed E-state index contributed by atoms with van der Waals surface area (Å²) in [7, 11) is -4.56. The normalized spacial score (nSPS) is 31.2. The molecule has 0 bridgehead atoms. The maximum Gasteiger partial charge on any atom is 1.00 e. The van der Waals surface area contributed by atoms with E-state index in [2.05, 4.69) is 19.5 Å². The number of aromatic amines is 1. The molecule has 0 aromatic carbocycles. The zero-order valence-corrected chi connectivity index (χ0v) is 18.5. The summed E-state index contributed by atoms with van der Waals surface area (Å²) in [6.07, 6.45) is -2.17. The van der Waals surface area contributed by atoms with Gasteiger partial charge in [-0.3, -0.25) is 23.7 Å². The smallest absolute Gasteiger partial charge is 0.756 e. The second-order valence-electron chi connectivity index (χ2n) is 6.36. The number of ether oxygens (including phenoxy) is 2. The molecule has 0 amide bonds. The van der Waals surface area contributed by atoms with Gasteiger partial charge in [-0.05, 0) is 6.42 Å². The van der Waals surface area contributed by atoms with E-state index in [9.17, 15) is 19.0 Å². The second kappa shape index (κ2) is 8.44. The number of nitrogens with zero attached hydrogens (tertiary/aromatic N) is 3. The number of H-pyrrole nitrogens is 1. The number of carbonyl (C=O) groups excluding carboxylic acids is 1. The van der Waals surface area contributed by atoms with Gasteiger partial charge in [-0.25, -0.2) is 4.98 Å². The number of nitrogens with two attached hydrogens (primary N) is 1. The van der Waals surface area contributed by atoms with Gasteiger partial charge in [0.15, 0.2) is 23.5 Å². The van der Waals surface area contributed by atoms with Crippen LogP contribution in [0.5, 0.6) is 0 Å². The summed E-state index contributed by atoms with van der Waals surface area (Å²) in [4.78, 5) is 46.2. The molecule has 152 valence electrons. The summed E-state index contributed by atoms with van der Waals surface area (Å²) in [5.41, 5.74) is 5.13. The van der Waals surface area contributed by atoms with Crippen molar-refractivity contribution in [1.29, 1.82) is 0 Å². The third kappa shape index (κ3) is 4.28. The zero-order chi connectivity index (χ0) is 20.1. The van der Waals surface area contributed by atoms with Crippen LogP contribution in [0.1, 0.15) is 26.0 Å². The van der Waals surface area contributed by atoms with E-state index in [1.54, 1.807) is 6.92 Å². The van der Waals surface area contributed by atoms with Gasteiger partial charge in [0.1, 0.15) is 12.2 Å². The molecular formula is C14H17N5NaO8P. The average Bonchev–Trinajstić information content (AvgIpc) is 3.16. The Labute approximate surface area is 185 Å². The molecule has 2 aliphatic heterocycles. The third-order valence-electron chi connectivity index (χ3n) is 4.38. The van der Waals surface area contributed by atoms with Gasteiger partial charge >= 0.3 is 35.5 Å². The maximum atomic E-state index is 12.1. The van der Waals surface area contributed by atoms with Crippen molar-refractivity contribution in [2.45, 2.75) is 44.3 Å². The van der Waals surface area contributed by atoms with Crippen molar-refractivity contribution in [2.24, 2.45) is 0 Å². The molecule has 3 N–H and O–H groups in total. The number of anilines is 1. The van der Waals surface area contributed by atoms with Gasteiger partial charge in [0, 0.05) is 6.42 Å². The number of nitrogens with one attached hydrogen (secondary N) is 1. The Kier molecular flexibility index (Phi) is 6.51. The Bertz CT molecular complexity index is 1030. The first kappa shape index (κ1) is 22.4. The summed E-state index contributed by atoms with van der Waals surface area (Å²) in [5, 5.41) is 0. The molecule has 5 atom stereocenters. The minimum Gasteiger partial charge on any atom is -0.756 e. The molecule has 2 aliphatic rings. The molecular weight excluding hydrogens is 420 g/mol. The maximum absolute atomic E-state index is 12.1. The first-order chi connectivity index (χ1) is 13.3. The van der Waals surface area contributed by atoms with Crippen LogP contribution in [-0.4, -0.2) is 50.4 Å². The average molecular weight is 437 g/mol. The van der Waals surface area contributed by atoms with Gasteiger partial charge in [-0.15, -0.1) is 0 Å². The number of hydrogen-bond donors (Lipinski definition) is 2. The molecule has 0 aliphatic carbocycles. The van der Waals surface area contributed by atoms with Crippen molar-refractivity contribution >= 4 is 30.9 Å². The second-order valence-corrected chi connectivity index (χ2v) is 7.72. The van der Waals surface area contributed by atoms with Crippen LogP contribution in [0.25, 0.3) is 11.2 Å². The van der Waals surface area contributed by atoms with Crippen LogP contribution in [0.15, 0.2) is 11.1 Å². The molecule has 2 aromatic rings. The molecule has 1 unspecified atom stereocenters. The molecule has 4 heterocycles. The van der Waals surface area contributed by atoms with Gasteiger partial charge in [0.05, 0.1) is 12.9 Å². The van der Waals surface area contributed by atoms with Crippen LogP contribution in [0.4, 0.5) is 5.95 Å². The standard InChI is InChI=1S/C14H18N5O8P.Na/c1-2-3-7(20)26-10-9-6(4-24-28(22,23)27-9)25-13(10)19-5-16-8-11(19)17-14(15)18-12(8)21;/h5-6,9-10,13H,2-4H2,1H3,(H,22,23)(H3,15,17,18,21);/q;+1/p-1/t6-,9-,10-,13-;/m1./s1. The minimum atomic E-state index is -4.56. The zero-order valence-electron chi connectivity index (χ0n) is 15.6. The van der Waals surface area contributed by atoms with Crippen LogP contribution in [-0.2, 0) is 27.9 Å². The van der Waals surface area contributed by atoms with Gasteiger partial charge in [-0.1, -0.05) is 6.92 Å². The summed E-state index contributed by atoms with van der Waals surface area (Å²) >= 11 is 0. The number of hydrogen-bond acceptors (Lipinski definition) is 11. The molecule has 2 aromatic heterocycles. The fourth-order valence-electron chi connectivity index (χ4n) is 3.21. The van der Waals surface area contributed by atoms with E-state index in [0.29, 0.717) is 6.42 Å². The van der Waals surface area contributed by atoms with E-state index in [4.69, 9.17) is 19.7 Å². The number of phosphoric acid groups is 1. The topological polar surface area (TPSA) is 184 Å². The van der Waals surface area contributed by atoms with Gasteiger partial charge in [-0.2, -0.15) is 4.98 Å². The van der Waals surface area contributed by atoms with E-state index in [-0.39, 0.29) is 59.7 Å². The van der Waals surface area contributed by atoms with E-state index >= 15 is 0 Å². The monoisotopic (exact) mass is 437 g/mol. The largest absolute Gasteiger partial charge is 1.00 e. The van der Waals surface area contributed by atoms with E-state index in [1.807, 2.05) is 0 Å². The number of phosphoric ester groups is 1. The molecule has 4 rings (SSSR count). The SMILES string of the molecule is CCCC(=O)O[C@@H]1[C@@H]2OP(=O)([O-])OC[C@H]2O[C@H]1n1cnc2c(=O)[nH]c(N)nc21.[Na+]. The molecule has 0 saturated carbocycles. The summed E-state index contributed by atoms with van der Waals surface area (Å²) in [6.45, 7) is 1.50. The Morgan fingerprint density at radius 2 is 2.31 bits per heavy atom. The molecule has 0 spiro atoms. The number of aromatic nitrogens is 4. The van der Waals surface area contributed by atoms with Crippen LogP contribution in [0, 0.1) is 0 Å². The Morgan fingerprint density at radius 1 is 1.55 bits per heavy atom. The van der Waals surface area contributed by atoms with Crippen LogP contribution in [0.2, 0.25) is 0 Å². The third-order valence-corrected chi connectivity index (χ3v) is 5.35. The van der Waals surface area contributed by atoms with Crippen molar-refractivity contribution in [1.82, 2.24) is 19.5 Å². The van der Waals surface area contributed by atoms with Crippen molar-refractivity contribution in [3.63, 3.8) is 0 Å². The van der Waals surface area contributed by atoms with Gasteiger partial charge < -0.3 is 29.1 Å². The fourth-order valence-corrected chi connectivity index (χ4v) is 4.15. The van der Waals surface area contributed by atoms with E-state index < -0.39 is 43.9 Å². The van der Waals surface area contributed by atoms with Crippen LogP contribution in [0.3, 0.4) is 0 Å². The fraction of sp³-hybridized carbons (Fsp3) is 0.571. The quantitative estimate of drug-likeness (QED) is 0.272. The van der Waals surface area contributed by atoms with Crippen molar-refractivity contribution in [3.8, 4) is 0 Å². The first-order valence-electron chi connectivity index (χ1n) is 8.50. The number of imidazole rings is 1. The molecule has 13 nitrogen and oxygen atoms in total. The van der Waals surface area contributed by atoms with Crippen LogP contribution < -0.4 is 45.7 Å². The molecule has 15 heteroatoms. The van der Waals surface area contributed by atoms with Crippen molar-refractivity contribution < 1.29 is 62.3 Å². The Hall–Kier alpha value is -1.31. The van der Waals surface area contributed by atoms with E-state index in [1.165, 1.54) is 10.9 Å². The minimum absolute atomic E-state index is 0. The molecule has 29 heavy (non-hydrogen) atoms. The molecule has 0 radical (unpaired) electrons.